The number of amides is 1. The van der Waals surface area contributed by atoms with Crippen molar-refractivity contribution in [2.45, 2.75) is 25.9 Å². The number of halogens is 2. The number of H-pyrrole nitrogens is 1. The maximum Gasteiger partial charge on any atom is 0.272 e. The van der Waals surface area contributed by atoms with Crippen LogP contribution in [0.4, 0.5) is 8.78 Å². The predicted molar refractivity (Wildman–Crippen MR) is 100 cm³/mol. The van der Waals surface area contributed by atoms with E-state index in [4.69, 9.17) is 4.74 Å². The van der Waals surface area contributed by atoms with Crippen molar-refractivity contribution in [3.8, 4) is 17.1 Å². The molecular formula is C20H19F2N5O2. The predicted octanol–water partition coefficient (Wildman–Crippen LogP) is 3.00. The number of hydrogen-bond donors (Lipinski definition) is 1. The van der Waals surface area contributed by atoms with E-state index in [9.17, 15) is 13.6 Å². The average Bonchev–Trinajstić information content (AvgIpc) is 3.40. The van der Waals surface area contributed by atoms with Crippen LogP contribution in [-0.4, -0.2) is 50.2 Å². The minimum atomic E-state index is -0.558. The molecule has 7 nitrogen and oxygen atoms in total. The third-order valence-electron chi connectivity index (χ3n) is 4.82. The quantitative estimate of drug-likeness (QED) is 0.713. The zero-order valence-corrected chi connectivity index (χ0v) is 15.7. The van der Waals surface area contributed by atoms with Gasteiger partial charge in [-0.1, -0.05) is 6.92 Å². The van der Waals surface area contributed by atoms with Crippen molar-refractivity contribution in [1.29, 1.82) is 0 Å². The molecule has 1 aliphatic rings. The summed E-state index contributed by atoms with van der Waals surface area (Å²) in [5.41, 5.74) is 1.88. The summed E-state index contributed by atoms with van der Waals surface area (Å²) in [5.74, 6) is -1.21. The van der Waals surface area contributed by atoms with Crippen LogP contribution >= 0.6 is 0 Å². The molecule has 150 valence electrons. The molecule has 4 rings (SSSR count). The van der Waals surface area contributed by atoms with E-state index in [0.29, 0.717) is 48.6 Å². The topological polar surface area (TPSA) is 84.0 Å². The fourth-order valence-corrected chi connectivity index (χ4v) is 3.25. The van der Waals surface area contributed by atoms with E-state index in [2.05, 4.69) is 20.2 Å². The third kappa shape index (κ3) is 3.94. The number of aromatic nitrogens is 4. The van der Waals surface area contributed by atoms with Gasteiger partial charge in [-0.2, -0.15) is 14.5 Å². The molecule has 1 saturated heterocycles. The molecule has 1 N–H and O–H groups in total. The number of aryl methyl sites for hydroxylation is 1. The van der Waals surface area contributed by atoms with Gasteiger partial charge in [-0.3, -0.25) is 9.89 Å². The number of carbonyl (C=O) groups is 1. The van der Waals surface area contributed by atoms with Gasteiger partial charge in [-0.15, -0.1) is 0 Å². The highest BCUT2D eigenvalue weighted by atomic mass is 19.1. The van der Waals surface area contributed by atoms with Crippen LogP contribution in [0.1, 0.15) is 29.5 Å². The molecular weight excluding hydrogens is 380 g/mol. The molecule has 2 aromatic heterocycles. The lowest BCUT2D eigenvalue weighted by atomic mass is 10.1. The van der Waals surface area contributed by atoms with E-state index < -0.39 is 5.82 Å². The van der Waals surface area contributed by atoms with Crippen molar-refractivity contribution in [3.05, 3.63) is 59.7 Å². The Morgan fingerprint density at radius 2 is 2.07 bits per heavy atom. The van der Waals surface area contributed by atoms with Crippen LogP contribution in [0.15, 0.2) is 36.7 Å². The largest absolute Gasteiger partial charge is 0.470 e. The first-order valence-corrected chi connectivity index (χ1v) is 9.31. The maximum atomic E-state index is 14.3. The summed E-state index contributed by atoms with van der Waals surface area (Å²) in [5, 5.41) is 6.86. The zero-order chi connectivity index (χ0) is 20.4. The molecule has 0 saturated carbocycles. The van der Waals surface area contributed by atoms with Gasteiger partial charge in [0.05, 0.1) is 17.9 Å². The Hall–Kier alpha value is -3.36. The number of aromatic amines is 1. The highest BCUT2D eigenvalue weighted by molar-refractivity contribution is 5.93. The Labute approximate surface area is 165 Å². The number of likely N-dealkylation sites (tertiary alicyclic amines) is 1. The summed E-state index contributed by atoms with van der Waals surface area (Å²) >= 11 is 0. The first-order chi connectivity index (χ1) is 14.0. The molecule has 1 fully saturated rings. The lowest BCUT2D eigenvalue weighted by Gasteiger charge is -2.16. The number of nitrogens with one attached hydrogen (secondary N) is 1. The van der Waals surface area contributed by atoms with Gasteiger partial charge in [0.25, 0.3) is 11.8 Å². The van der Waals surface area contributed by atoms with Gasteiger partial charge in [0, 0.05) is 18.5 Å². The zero-order valence-electron chi connectivity index (χ0n) is 15.7. The van der Waals surface area contributed by atoms with Crippen LogP contribution in [0, 0.1) is 11.6 Å². The van der Waals surface area contributed by atoms with E-state index in [1.165, 1.54) is 18.5 Å². The highest BCUT2D eigenvalue weighted by Crippen LogP contribution is 2.23. The van der Waals surface area contributed by atoms with E-state index in [1.54, 1.807) is 30.0 Å². The second-order valence-electron chi connectivity index (χ2n) is 6.75. The van der Waals surface area contributed by atoms with Gasteiger partial charge in [0.1, 0.15) is 23.9 Å². The van der Waals surface area contributed by atoms with Gasteiger partial charge in [-0.25, -0.2) is 9.37 Å². The molecule has 1 amide bonds. The summed E-state index contributed by atoms with van der Waals surface area (Å²) in [6.07, 6.45) is 1.93. The second kappa shape index (κ2) is 7.94. The van der Waals surface area contributed by atoms with Crippen LogP contribution in [0.25, 0.3) is 11.3 Å². The molecule has 0 radical (unpaired) electrons. The summed E-state index contributed by atoms with van der Waals surface area (Å²) in [6, 6.07) is 7.50. The molecule has 0 aliphatic carbocycles. The third-order valence-corrected chi connectivity index (χ3v) is 4.82. The van der Waals surface area contributed by atoms with Crippen molar-refractivity contribution in [2.24, 2.45) is 0 Å². The normalized spacial score (nSPS) is 16.2. The van der Waals surface area contributed by atoms with Crippen molar-refractivity contribution in [3.63, 3.8) is 0 Å². The fourth-order valence-electron chi connectivity index (χ4n) is 3.25. The standard InChI is InChI=1S/C20H19F2N5O2/c1-2-15-18(22)19(24-11-23-15)29-14-7-8-27(10-14)20(28)17-9-16(25-26-17)12-3-5-13(21)6-4-12/h3-6,9,11,14H,2,7-8,10H2,1H3,(H,25,26)/t14-/m0/s1. The molecule has 1 aromatic carbocycles. The van der Waals surface area contributed by atoms with E-state index in [1.807, 2.05) is 0 Å². The minimum absolute atomic E-state index is 0.0868. The van der Waals surface area contributed by atoms with Crippen molar-refractivity contribution in [1.82, 2.24) is 25.1 Å². The molecule has 0 bridgehead atoms. The Kier molecular flexibility index (Phi) is 5.20. The molecule has 9 heteroatoms. The number of rotatable bonds is 5. The number of nitrogens with zero attached hydrogens (tertiary/aromatic N) is 4. The second-order valence-corrected chi connectivity index (χ2v) is 6.75. The maximum absolute atomic E-state index is 14.3. The lowest BCUT2D eigenvalue weighted by Crippen LogP contribution is -2.31. The smallest absolute Gasteiger partial charge is 0.272 e. The van der Waals surface area contributed by atoms with Gasteiger partial charge in [0.15, 0.2) is 0 Å². The van der Waals surface area contributed by atoms with Gasteiger partial charge in [-0.05, 0) is 36.8 Å². The number of benzene rings is 1. The first kappa shape index (κ1) is 19.0. The first-order valence-electron chi connectivity index (χ1n) is 9.31. The molecule has 1 atom stereocenters. The highest BCUT2D eigenvalue weighted by Gasteiger charge is 2.30. The van der Waals surface area contributed by atoms with Crippen molar-refractivity contribution in [2.75, 3.05) is 13.1 Å². The van der Waals surface area contributed by atoms with Crippen LogP contribution in [0.3, 0.4) is 0 Å². The Morgan fingerprint density at radius 3 is 2.83 bits per heavy atom. The van der Waals surface area contributed by atoms with Crippen LogP contribution in [-0.2, 0) is 6.42 Å². The van der Waals surface area contributed by atoms with E-state index in [-0.39, 0.29) is 23.7 Å². The number of carbonyl (C=O) groups excluding carboxylic acids is 1. The molecule has 1 aliphatic heterocycles. The molecule has 3 aromatic rings. The number of ether oxygens (including phenoxy) is 1. The minimum Gasteiger partial charge on any atom is -0.470 e. The molecule has 3 heterocycles. The van der Waals surface area contributed by atoms with Crippen LogP contribution in [0.5, 0.6) is 5.88 Å². The SMILES string of the molecule is CCc1ncnc(O[C@H]2CCN(C(=O)c3cc(-c4ccc(F)cc4)n[nH]3)C2)c1F. The van der Waals surface area contributed by atoms with Gasteiger partial charge >= 0.3 is 0 Å². The van der Waals surface area contributed by atoms with Gasteiger partial charge < -0.3 is 9.64 Å². The Bertz CT molecular complexity index is 1020. The molecule has 0 spiro atoms. The summed E-state index contributed by atoms with van der Waals surface area (Å²) in [6.45, 7) is 2.59. The summed E-state index contributed by atoms with van der Waals surface area (Å²) < 4.78 is 33.0. The monoisotopic (exact) mass is 399 g/mol. The van der Waals surface area contributed by atoms with Crippen molar-refractivity contribution < 1.29 is 18.3 Å². The van der Waals surface area contributed by atoms with Crippen molar-refractivity contribution >= 4 is 5.91 Å². The van der Waals surface area contributed by atoms with E-state index >= 15 is 0 Å². The number of hydrogen-bond acceptors (Lipinski definition) is 5. The average molecular weight is 399 g/mol. The Morgan fingerprint density at radius 1 is 1.28 bits per heavy atom. The molecule has 0 unspecified atom stereocenters. The lowest BCUT2D eigenvalue weighted by molar-refractivity contribution is 0.0764. The van der Waals surface area contributed by atoms with Crippen LogP contribution < -0.4 is 4.74 Å². The summed E-state index contributed by atoms with van der Waals surface area (Å²) in [4.78, 5) is 22.1. The molecule has 29 heavy (non-hydrogen) atoms. The van der Waals surface area contributed by atoms with Crippen LogP contribution in [0.2, 0.25) is 0 Å². The Balaban J connectivity index is 1.42. The van der Waals surface area contributed by atoms with Gasteiger partial charge in [0.2, 0.25) is 5.82 Å². The van der Waals surface area contributed by atoms with E-state index in [0.717, 1.165) is 0 Å². The fraction of sp³-hybridized carbons (Fsp3) is 0.300. The summed E-state index contributed by atoms with van der Waals surface area (Å²) in [7, 11) is 0.